The van der Waals surface area contributed by atoms with Crippen LogP contribution >= 0.6 is 0 Å². The van der Waals surface area contributed by atoms with E-state index in [9.17, 15) is 24.5 Å². The van der Waals surface area contributed by atoms with Gasteiger partial charge >= 0.3 is 5.97 Å². The minimum absolute atomic E-state index is 0.0497. The van der Waals surface area contributed by atoms with Gasteiger partial charge in [0, 0.05) is 18.5 Å². The topological polar surface area (TPSA) is 116 Å². The number of esters is 1. The lowest BCUT2D eigenvalue weighted by Gasteiger charge is -2.28. The summed E-state index contributed by atoms with van der Waals surface area (Å²) in [5.74, 6) is -0.246. The molecule has 0 aliphatic heterocycles. The highest BCUT2D eigenvalue weighted by atomic mass is 16.6. The molecule has 0 radical (unpaired) electrons. The van der Waals surface area contributed by atoms with E-state index in [4.69, 9.17) is 4.74 Å². The minimum atomic E-state index is -0.634. The Hall–Kier alpha value is -2.97. The van der Waals surface area contributed by atoms with Crippen LogP contribution in [0.4, 0.5) is 5.69 Å². The third-order valence-electron chi connectivity index (χ3n) is 4.74. The molecule has 0 aromatic heterocycles. The van der Waals surface area contributed by atoms with E-state index in [0.717, 1.165) is 25.7 Å². The van der Waals surface area contributed by atoms with E-state index in [1.807, 2.05) is 0 Å². The Balaban J connectivity index is 1.87. The van der Waals surface area contributed by atoms with E-state index in [1.165, 1.54) is 25.3 Å². The Kier molecular flexibility index (Phi) is 7.91. The number of methoxy groups -OCH3 is 1. The normalized spacial score (nSPS) is 13.8. The molecule has 2 rings (SSSR count). The van der Waals surface area contributed by atoms with E-state index >= 15 is 0 Å². The summed E-state index contributed by atoms with van der Waals surface area (Å²) in [5, 5.41) is 10.8. The largest absolute Gasteiger partial charge is 0.494 e. The van der Waals surface area contributed by atoms with Crippen LogP contribution in [-0.4, -0.2) is 54.3 Å². The number of rotatable bonds is 10. The first-order valence-electron chi connectivity index (χ1n) is 9.19. The fourth-order valence-electron chi connectivity index (χ4n) is 3.28. The second-order valence-corrected chi connectivity index (χ2v) is 6.58. The molecular formula is C19H24N2O7. The van der Waals surface area contributed by atoms with Gasteiger partial charge in [-0.25, -0.2) is 0 Å². The third kappa shape index (κ3) is 5.77. The van der Waals surface area contributed by atoms with E-state index in [1.54, 1.807) is 4.90 Å². The lowest BCUT2D eigenvalue weighted by molar-refractivity contribution is -0.385. The quantitative estimate of drug-likeness (QED) is 0.197. The number of benzene rings is 1. The summed E-state index contributed by atoms with van der Waals surface area (Å²) in [6, 6.07) is 3.99. The maximum absolute atomic E-state index is 12.6. The molecule has 1 aromatic rings. The van der Waals surface area contributed by atoms with Crippen molar-refractivity contribution in [2.24, 2.45) is 0 Å². The number of hydrogen-bond acceptors (Lipinski definition) is 7. The van der Waals surface area contributed by atoms with Crippen LogP contribution in [0.2, 0.25) is 0 Å². The summed E-state index contributed by atoms with van der Waals surface area (Å²) in [7, 11) is 1.30. The third-order valence-corrected chi connectivity index (χ3v) is 4.74. The van der Waals surface area contributed by atoms with Crippen LogP contribution in [0.25, 0.3) is 0 Å². The van der Waals surface area contributed by atoms with E-state index in [0.29, 0.717) is 18.5 Å². The van der Waals surface area contributed by atoms with Crippen LogP contribution < -0.4 is 4.74 Å². The van der Waals surface area contributed by atoms with Gasteiger partial charge in [-0.3, -0.25) is 24.5 Å². The molecule has 1 amide bonds. The Morgan fingerprint density at radius 2 is 2.04 bits per heavy atom. The first-order chi connectivity index (χ1) is 13.5. The van der Waals surface area contributed by atoms with Crippen molar-refractivity contribution in [3.63, 3.8) is 0 Å². The number of hydrogen-bond donors (Lipinski definition) is 0. The molecule has 28 heavy (non-hydrogen) atoms. The zero-order valence-electron chi connectivity index (χ0n) is 15.8. The number of nitro benzene ring substituents is 1. The second kappa shape index (κ2) is 10.4. The molecule has 1 saturated carbocycles. The van der Waals surface area contributed by atoms with Gasteiger partial charge in [0.15, 0.2) is 6.29 Å². The predicted octanol–water partition coefficient (Wildman–Crippen LogP) is 2.51. The molecule has 1 aliphatic carbocycles. The standard InChI is InChI=1S/C19H24N2O7/c1-27-19(24)12-20(15-5-2-3-6-15)18(23)7-4-10-28-16-8-9-17(21(25)26)14(11-16)13-22/h8-9,11,13,15H,2-7,10,12H2,1H3. The summed E-state index contributed by atoms with van der Waals surface area (Å²) < 4.78 is 10.2. The van der Waals surface area contributed by atoms with Crippen LogP contribution in [0.1, 0.15) is 48.9 Å². The van der Waals surface area contributed by atoms with Crippen molar-refractivity contribution in [1.82, 2.24) is 4.90 Å². The number of nitrogens with zero attached hydrogens (tertiary/aromatic N) is 2. The average molecular weight is 392 g/mol. The van der Waals surface area contributed by atoms with Gasteiger partial charge < -0.3 is 14.4 Å². The number of ether oxygens (including phenoxy) is 2. The number of carbonyl (C=O) groups is 3. The molecule has 1 aliphatic rings. The number of aldehydes is 1. The molecule has 0 bridgehead atoms. The zero-order chi connectivity index (χ0) is 20.5. The first-order valence-corrected chi connectivity index (χ1v) is 9.19. The molecule has 0 N–H and O–H groups in total. The average Bonchev–Trinajstić information content (AvgIpc) is 3.23. The molecule has 0 saturated heterocycles. The fourth-order valence-corrected chi connectivity index (χ4v) is 3.28. The summed E-state index contributed by atoms with van der Waals surface area (Å²) >= 11 is 0. The molecule has 0 heterocycles. The van der Waals surface area contributed by atoms with Gasteiger partial charge in [0.25, 0.3) is 5.69 Å². The van der Waals surface area contributed by atoms with Crippen molar-refractivity contribution in [1.29, 1.82) is 0 Å². The Morgan fingerprint density at radius 3 is 2.64 bits per heavy atom. The highest BCUT2D eigenvalue weighted by Gasteiger charge is 2.28. The van der Waals surface area contributed by atoms with Gasteiger partial charge in [0.1, 0.15) is 12.3 Å². The molecule has 152 valence electrons. The van der Waals surface area contributed by atoms with Gasteiger partial charge in [0.2, 0.25) is 5.91 Å². The van der Waals surface area contributed by atoms with Gasteiger partial charge in [-0.2, -0.15) is 0 Å². The van der Waals surface area contributed by atoms with E-state index < -0.39 is 10.9 Å². The van der Waals surface area contributed by atoms with Crippen molar-refractivity contribution >= 4 is 23.9 Å². The Bertz CT molecular complexity index is 729. The van der Waals surface area contributed by atoms with Crippen LogP contribution in [0.5, 0.6) is 5.75 Å². The highest BCUT2D eigenvalue weighted by Crippen LogP contribution is 2.25. The number of amides is 1. The minimum Gasteiger partial charge on any atom is -0.494 e. The van der Waals surface area contributed by atoms with Crippen molar-refractivity contribution in [3.05, 3.63) is 33.9 Å². The molecule has 9 heteroatoms. The first kappa shape index (κ1) is 21.3. The van der Waals surface area contributed by atoms with Crippen LogP contribution in [-0.2, 0) is 14.3 Å². The monoisotopic (exact) mass is 392 g/mol. The van der Waals surface area contributed by atoms with Gasteiger partial charge in [-0.05, 0) is 31.4 Å². The molecule has 9 nitrogen and oxygen atoms in total. The van der Waals surface area contributed by atoms with E-state index in [-0.39, 0.29) is 42.8 Å². The van der Waals surface area contributed by atoms with Crippen LogP contribution in [0.3, 0.4) is 0 Å². The molecular weight excluding hydrogens is 368 g/mol. The second-order valence-electron chi connectivity index (χ2n) is 6.58. The fraction of sp³-hybridized carbons (Fsp3) is 0.526. The van der Waals surface area contributed by atoms with Crippen molar-refractivity contribution in [2.45, 2.75) is 44.6 Å². The van der Waals surface area contributed by atoms with E-state index in [2.05, 4.69) is 4.74 Å². The lowest BCUT2D eigenvalue weighted by Crippen LogP contribution is -2.42. The maximum Gasteiger partial charge on any atom is 0.325 e. The zero-order valence-corrected chi connectivity index (χ0v) is 15.8. The van der Waals surface area contributed by atoms with Crippen molar-refractivity contribution in [2.75, 3.05) is 20.3 Å². The van der Waals surface area contributed by atoms with Gasteiger partial charge in [-0.15, -0.1) is 0 Å². The number of carbonyl (C=O) groups excluding carboxylic acids is 3. The van der Waals surface area contributed by atoms with Gasteiger partial charge in [0.05, 0.1) is 24.2 Å². The number of nitro groups is 1. The molecule has 1 aromatic carbocycles. The molecule has 0 spiro atoms. The Labute approximate surface area is 162 Å². The summed E-state index contributed by atoms with van der Waals surface area (Å²) in [4.78, 5) is 46.9. The molecule has 0 atom stereocenters. The lowest BCUT2D eigenvalue weighted by atomic mass is 10.1. The predicted molar refractivity (Wildman–Crippen MR) is 99.2 cm³/mol. The summed E-state index contributed by atoms with van der Waals surface area (Å²) in [6.07, 6.45) is 4.88. The molecule has 1 fully saturated rings. The summed E-state index contributed by atoms with van der Waals surface area (Å²) in [5.41, 5.74) is -0.350. The van der Waals surface area contributed by atoms with Crippen molar-refractivity contribution < 1.29 is 28.8 Å². The molecule has 0 unspecified atom stereocenters. The summed E-state index contributed by atoms with van der Waals surface area (Å²) in [6.45, 7) is 0.157. The highest BCUT2D eigenvalue weighted by molar-refractivity contribution is 5.83. The Morgan fingerprint density at radius 1 is 1.32 bits per heavy atom. The van der Waals surface area contributed by atoms with Crippen molar-refractivity contribution in [3.8, 4) is 5.75 Å². The van der Waals surface area contributed by atoms with Crippen LogP contribution in [0.15, 0.2) is 18.2 Å². The SMILES string of the molecule is COC(=O)CN(C(=O)CCCOc1ccc([N+](=O)[O-])c(C=O)c1)C1CCCC1. The smallest absolute Gasteiger partial charge is 0.325 e. The maximum atomic E-state index is 12.6. The van der Waals surface area contributed by atoms with Crippen LogP contribution in [0, 0.1) is 10.1 Å². The van der Waals surface area contributed by atoms with Gasteiger partial charge in [-0.1, -0.05) is 12.8 Å².